The van der Waals surface area contributed by atoms with Crippen LogP contribution in [0, 0.1) is 0 Å². The second-order valence-electron chi connectivity index (χ2n) is 4.94. The summed E-state index contributed by atoms with van der Waals surface area (Å²) in [5, 5.41) is 0. The molecule has 1 aromatic carbocycles. The smallest absolute Gasteiger partial charge is 0.0719 e. The van der Waals surface area contributed by atoms with Gasteiger partial charge in [-0.25, -0.2) is 5.90 Å². The molecule has 0 bridgehead atoms. The van der Waals surface area contributed by atoms with Crippen LogP contribution in [0.2, 0.25) is 0 Å². The summed E-state index contributed by atoms with van der Waals surface area (Å²) in [7, 11) is 2.20. The van der Waals surface area contributed by atoms with Crippen LogP contribution >= 0.6 is 0 Å². The molecule has 0 saturated carbocycles. The minimum absolute atomic E-state index is 0.591. The van der Waals surface area contributed by atoms with E-state index in [0.717, 1.165) is 12.3 Å². The summed E-state index contributed by atoms with van der Waals surface area (Å²) in [5.41, 5.74) is 2.78. The molecule has 1 saturated heterocycles. The monoisotopic (exact) mass is 234 g/mol. The molecular formula is C14H22N2O. The zero-order chi connectivity index (χ0) is 12.1. The average Bonchev–Trinajstić information content (AvgIpc) is 2.38. The van der Waals surface area contributed by atoms with Gasteiger partial charge in [0.05, 0.1) is 6.61 Å². The van der Waals surface area contributed by atoms with E-state index >= 15 is 0 Å². The molecule has 94 valence electrons. The molecule has 0 atom stereocenters. The fraction of sp³-hybridized carbons (Fsp3) is 0.571. The fourth-order valence-electron chi connectivity index (χ4n) is 2.48. The highest BCUT2D eigenvalue weighted by atomic mass is 16.6. The molecular weight excluding hydrogens is 212 g/mol. The van der Waals surface area contributed by atoms with E-state index in [-0.39, 0.29) is 0 Å². The first-order valence-electron chi connectivity index (χ1n) is 6.38. The first-order valence-corrected chi connectivity index (χ1v) is 6.38. The van der Waals surface area contributed by atoms with Gasteiger partial charge < -0.3 is 9.74 Å². The normalized spacial score (nSPS) is 18.5. The maximum atomic E-state index is 5.03. The Labute approximate surface area is 104 Å². The van der Waals surface area contributed by atoms with E-state index in [9.17, 15) is 0 Å². The van der Waals surface area contributed by atoms with Crippen LogP contribution in [0.5, 0.6) is 0 Å². The molecule has 1 fully saturated rings. The molecule has 0 unspecified atom stereocenters. The summed E-state index contributed by atoms with van der Waals surface area (Å²) in [6.45, 7) is 3.02. The van der Waals surface area contributed by atoms with Crippen molar-refractivity contribution >= 4 is 0 Å². The molecule has 0 spiro atoms. The Morgan fingerprint density at radius 2 is 1.88 bits per heavy atom. The van der Waals surface area contributed by atoms with Crippen LogP contribution in [0.4, 0.5) is 0 Å². The van der Waals surface area contributed by atoms with Crippen LogP contribution in [0.1, 0.15) is 29.9 Å². The lowest BCUT2D eigenvalue weighted by Crippen LogP contribution is -2.29. The number of benzene rings is 1. The minimum Gasteiger partial charge on any atom is -0.306 e. The first-order chi connectivity index (χ1) is 8.29. The van der Waals surface area contributed by atoms with Gasteiger partial charge in [-0.05, 0) is 56.4 Å². The van der Waals surface area contributed by atoms with Crippen molar-refractivity contribution in [1.82, 2.24) is 4.90 Å². The van der Waals surface area contributed by atoms with E-state index in [2.05, 4.69) is 41.1 Å². The number of rotatable bonds is 4. The third kappa shape index (κ3) is 3.53. The van der Waals surface area contributed by atoms with Crippen molar-refractivity contribution in [1.29, 1.82) is 0 Å². The highest BCUT2D eigenvalue weighted by Crippen LogP contribution is 2.27. The van der Waals surface area contributed by atoms with Crippen molar-refractivity contribution in [2.75, 3.05) is 26.7 Å². The molecule has 1 aliphatic rings. The Kier molecular flexibility index (Phi) is 4.54. The van der Waals surface area contributed by atoms with E-state index in [0.29, 0.717) is 6.61 Å². The second kappa shape index (κ2) is 6.15. The van der Waals surface area contributed by atoms with Crippen LogP contribution in [0.25, 0.3) is 0 Å². The largest absolute Gasteiger partial charge is 0.306 e. The highest BCUT2D eigenvalue weighted by molar-refractivity contribution is 5.26. The topological polar surface area (TPSA) is 38.5 Å². The number of nitrogens with zero attached hydrogens (tertiary/aromatic N) is 1. The SMILES string of the molecule is CN1CCC(c2ccc(CCON)cc2)CC1. The van der Waals surface area contributed by atoms with Gasteiger partial charge in [0.1, 0.15) is 0 Å². The third-order valence-corrected chi connectivity index (χ3v) is 3.68. The summed E-state index contributed by atoms with van der Waals surface area (Å²) in [4.78, 5) is 7.00. The number of hydrogen-bond donors (Lipinski definition) is 1. The summed E-state index contributed by atoms with van der Waals surface area (Å²) >= 11 is 0. The molecule has 3 nitrogen and oxygen atoms in total. The maximum Gasteiger partial charge on any atom is 0.0719 e. The predicted molar refractivity (Wildman–Crippen MR) is 69.8 cm³/mol. The van der Waals surface area contributed by atoms with Crippen molar-refractivity contribution < 1.29 is 4.84 Å². The standard InChI is InChI=1S/C14H22N2O/c1-16-9-6-14(7-10-16)13-4-2-12(3-5-13)8-11-17-15/h2-5,14H,6-11,15H2,1H3. The van der Waals surface area contributed by atoms with Crippen molar-refractivity contribution in [3.05, 3.63) is 35.4 Å². The highest BCUT2D eigenvalue weighted by Gasteiger charge is 2.17. The fourth-order valence-corrected chi connectivity index (χ4v) is 2.48. The van der Waals surface area contributed by atoms with Gasteiger partial charge >= 0.3 is 0 Å². The van der Waals surface area contributed by atoms with E-state index in [1.165, 1.54) is 37.1 Å². The molecule has 2 N–H and O–H groups in total. The lowest BCUT2D eigenvalue weighted by atomic mass is 9.89. The maximum absolute atomic E-state index is 5.03. The van der Waals surface area contributed by atoms with Crippen molar-refractivity contribution in [3.63, 3.8) is 0 Å². The lowest BCUT2D eigenvalue weighted by molar-refractivity contribution is 0.141. The van der Waals surface area contributed by atoms with Gasteiger partial charge in [-0.3, -0.25) is 0 Å². The van der Waals surface area contributed by atoms with Gasteiger partial charge in [-0.15, -0.1) is 0 Å². The zero-order valence-electron chi connectivity index (χ0n) is 10.6. The van der Waals surface area contributed by atoms with E-state index in [1.807, 2.05) is 0 Å². The van der Waals surface area contributed by atoms with Gasteiger partial charge in [-0.2, -0.15) is 0 Å². The Morgan fingerprint density at radius 3 is 2.47 bits per heavy atom. The molecule has 1 heterocycles. The van der Waals surface area contributed by atoms with Crippen LogP contribution < -0.4 is 5.90 Å². The molecule has 0 amide bonds. The van der Waals surface area contributed by atoms with Crippen molar-refractivity contribution in [2.24, 2.45) is 5.90 Å². The first kappa shape index (κ1) is 12.6. The molecule has 3 heteroatoms. The van der Waals surface area contributed by atoms with Gasteiger partial charge in [0.2, 0.25) is 0 Å². The van der Waals surface area contributed by atoms with E-state index in [4.69, 9.17) is 5.90 Å². The summed E-state index contributed by atoms with van der Waals surface area (Å²) < 4.78 is 0. The predicted octanol–water partition coefficient (Wildman–Crippen LogP) is 1.93. The van der Waals surface area contributed by atoms with Crippen molar-refractivity contribution in [3.8, 4) is 0 Å². The Balaban J connectivity index is 1.93. The zero-order valence-corrected chi connectivity index (χ0v) is 10.6. The van der Waals surface area contributed by atoms with Crippen LogP contribution in [0.15, 0.2) is 24.3 Å². The molecule has 17 heavy (non-hydrogen) atoms. The van der Waals surface area contributed by atoms with Crippen LogP contribution in [-0.4, -0.2) is 31.6 Å². The third-order valence-electron chi connectivity index (χ3n) is 3.68. The number of piperidine rings is 1. The van der Waals surface area contributed by atoms with E-state index in [1.54, 1.807) is 0 Å². The molecule has 2 rings (SSSR count). The summed E-state index contributed by atoms with van der Waals surface area (Å²) in [5.74, 6) is 5.77. The molecule has 0 aliphatic carbocycles. The Morgan fingerprint density at radius 1 is 1.24 bits per heavy atom. The van der Waals surface area contributed by atoms with Gasteiger partial charge in [0.15, 0.2) is 0 Å². The van der Waals surface area contributed by atoms with Crippen molar-refractivity contribution in [2.45, 2.75) is 25.2 Å². The van der Waals surface area contributed by atoms with Gasteiger partial charge in [0.25, 0.3) is 0 Å². The Hall–Kier alpha value is -0.900. The van der Waals surface area contributed by atoms with Gasteiger partial charge in [0, 0.05) is 0 Å². The van der Waals surface area contributed by atoms with Gasteiger partial charge in [-0.1, -0.05) is 24.3 Å². The quantitative estimate of drug-likeness (QED) is 0.809. The number of likely N-dealkylation sites (tertiary alicyclic amines) is 1. The number of hydrogen-bond acceptors (Lipinski definition) is 3. The second-order valence-corrected chi connectivity index (χ2v) is 4.94. The van der Waals surface area contributed by atoms with Crippen LogP contribution in [0.3, 0.4) is 0 Å². The minimum atomic E-state index is 0.591. The van der Waals surface area contributed by atoms with Crippen LogP contribution in [-0.2, 0) is 11.3 Å². The molecule has 0 radical (unpaired) electrons. The molecule has 1 aromatic rings. The lowest BCUT2D eigenvalue weighted by Gasteiger charge is -2.29. The Bertz CT molecular complexity index is 329. The summed E-state index contributed by atoms with van der Waals surface area (Å²) in [6.07, 6.45) is 3.45. The molecule has 0 aromatic heterocycles. The van der Waals surface area contributed by atoms with E-state index < -0.39 is 0 Å². The molecule has 1 aliphatic heterocycles. The average molecular weight is 234 g/mol. The number of nitrogens with two attached hydrogens (primary N) is 1. The summed E-state index contributed by atoms with van der Waals surface area (Å²) in [6, 6.07) is 8.93.